The van der Waals surface area contributed by atoms with Gasteiger partial charge >= 0.3 is 0 Å². The zero-order valence-corrected chi connectivity index (χ0v) is 12.8. The number of nitrogens with zero attached hydrogens (tertiary/aromatic N) is 2. The highest BCUT2D eigenvalue weighted by molar-refractivity contribution is 7.16. The van der Waals surface area contributed by atoms with Crippen molar-refractivity contribution in [1.29, 1.82) is 0 Å². The van der Waals surface area contributed by atoms with Crippen LogP contribution in [0.3, 0.4) is 0 Å². The zero-order valence-electron chi connectivity index (χ0n) is 12.0. The van der Waals surface area contributed by atoms with Crippen LogP contribution in [0.2, 0.25) is 0 Å². The minimum absolute atomic E-state index is 0.166. The predicted molar refractivity (Wildman–Crippen MR) is 86.3 cm³/mol. The van der Waals surface area contributed by atoms with Gasteiger partial charge in [0, 0.05) is 12.1 Å². The second kappa shape index (κ2) is 6.26. The van der Waals surface area contributed by atoms with Gasteiger partial charge in [0.05, 0.1) is 10.2 Å². The van der Waals surface area contributed by atoms with Crippen LogP contribution < -0.4 is 4.80 Å². The molecule has 0 N–H and O–H groups in total. The maximum absolute atomic E-state index is 13.4. The summed E-state index contributed by atoms with van der Waals surface area (Å²) in [6.07, 6.45) is 1.67. The lowest BCUT2D eigenvalue weighted by Crippen LogP contribution is -2.16. The number of hydrogen-bond acceptors (Lipinski definition) is 2. The van der Waals surface area contributed by atoms with Crippen molar-refractivity contribution in [2.24, 2.45) is 4.99 Å². The molecule has 116 valence electrons. The Morgan fingerprint density at radius 1 is 1.22 bits per heavy atom. The molecule has 0 atom stereocenters. The Morgan fingerprint density at radius 3 is 2.74 bits per heavy atom. The second-order valence-corrected chi connectivity index (χ2v) is 5.83. The highest BCUT2D eigenvalue weighted by atomic mass is 32.1. The van der Waals surface area contributed by atoms with E-state index in [0.29, 0.717) is 16.0 Å². The molecule has 0 aliphatic heterocycles. The van der Waals surface area contributed by atoms with E-state index in [-0.39, 0.29) is 11.4 Å². The molecule has 0 unspecified atom stereocenters. The summed E-state index contributed by atoms with van der Waals surface area (Å²) < 4.78 is 29.0. The summed E-state index contributed by atoms with van der Waals surface area (Å²) in [5.74, 6) is -1.40. The SMILES string of the molecule is C=CCn1c(=NC(=O)c2cccc(F)c2)sc2cc(F)ccc21. The Hall–Kier alpha value is -2.60. The van der Waals surface area contributed by atoms with Gasteiger partial charge in [0.2, 0.25) is 0 Å². The monoisotopic (exact) mass is 330 g/mol. The van der Waals surface area contributed by atoms with E-state index >= 15 is 0 Å². The van der Waals surface area contributed by atoms with Gasteiger partial charge in [-0.3, -0.25) is 4.79 Å². The van der Waals surface area contributed by atoms with Crippen molar-refractivity contribution in [3.63, 3.8) is 0 Å². The van der Waals surface area contributed by atoms with Gasteiger partial charge in [-0.15, -0.1) is 6.58 Å². The van der Waals surface area contributed by atoms with Crippen molar-refractivity contribution >= 4 is 27.5 Å². The van der Waals surface area contributed by atoms with Crippen molar-refractivity contribution in [2.45, 2.75) is 6.54 Å². The Balaban J connectivity index is 2.16. The number of carbonyl (C=O) groups is 1. The molecule has 0 saturated heterocycles. The second-order valence-electron chi connectivity index (χ2n) is 4.82. The van der Waals surface area contributed by atoms with E-state index in [9.17, 15) is 13.6 Å². The average molecular weight is 330 g/mol. The van der Waals surface area contributed by atoms with Crippen LogP contribution in [-0.4, -0.2) is 10.5 Å². The van der Waals surface area contributed by atoms with E-state index < -0.39 is 11.7 Å². The number of halogens is 2. The number of amides is 1. The minimum atomic E-state index is -0.547. The van der Waals surface area contributed by atoms with Crippen LogP contribution in [0.1, 0.15) is 10.4 Å². The normalized spacial score (nSPS) is 11.8. The first-order valence-electron chi connectivity index (χ1n) is 6.83. The van der Waals surface area contributed by atoms with E-state index in [1.54, 1.807) is 16.7 Å². The number of carbonyl (C=O) groups excluding carboxylic acids is 1. The summed E-state index contributed by atoms with van der Waals surface area (Å²) in [7, 11) is 0. The largest absolute Gasteiger partial charge is 0.312 e. The molecule has 0 radical (unpaired) electrons. The maximum atomic E-state index is 13.4. The number of rotatable bonds is 3. The smallest absolute Gasteiger partial charge is 0.279 e. The van der Waals surface area contributed by atoms with Gasteiger partial charge in [-0.1, -0.05) is 23.5 Å². The molecule has 1 amide bonds. The Kier molecular flexibility index (Phi) is 4.16. The topological polar surface area (TPSA) is 34.4 Å². The summed E-state index contributed by atoms with van der Waals surface area (Å²) >= 11 is 1.20. The maximum Gasteiger partial charge on any atom is 0.279 e. The molecule has 0 aliphatic carbocycles. The van der Waals surface area contributed by atoms with Crippen molar-refractivity contribution in [3.05, 3.63) is 77.1 Å². The quantitative estimate of drug-likeness (QED) is 0.671. The molecule has 3 rings (SSSR count). The van der Waals surface area contributed by atoms with Crippen LogP contribution in [0.25, 0.3) is 10.2 Å². The van der Waals surface area contributed by atoms with Gasteiger partial charge in [-0.25, -0.2) is 8.78 Å². The number of benzene rings is 2. The third kappa shape index (κ3) is 3.12. The van der Waals surface area contributed by atoms with Gasteiger partial charge in [-0.2, -0.15) is 4.99 Å². The summed E-state index contributed by atoms with van der Waals surface area (Å²) in [4.78, 5) is 16.7. The molecule has 3 aromatic rings. The summed E-state index contributed by atoms with van der Waals surface area (Å²) in [6.45, 7) is 4.11. The number of allylic oxidation sites excluding steroid dienone is 1. The van der Waals surface area contributed by atoms with E-state index in [1.807, 2.05) is 0 Å². The summed E-state index contributed by atoms with van der Waals surface area (Å²) in [6, 6.07) is 9.73. The third-order valence-corrected chi connectivity index (χ3v) is 4.27. The van der Waals surface area contributed by atoms with Gasteiger partial charge in [0.25, 0.3) is 5.91 Å². The van der Waals surface area contributed by atoms with E-state index in [4.69, 9.17) is 0 Å². The molecular formula is C17H12F2N2OS. The van der Waals surface area contributed by atoms with Crippen molar-refractivity contribution in [3.8, 4) is 0 Å². The molecule has 0 aliphatic rings. The molecular weight excluding hydrogens is 318 g/mol. The fourth-order valence-corrected chi connectivity index (χ4v) is 3.27. The fraction of sp³-hybridized carbons (Fsp3) is 0.0588. The molecule has 2 aromatic carbocycles. The minimum Gasteiger partial charge on any atom is -0.312 e. The highest BCUT2D eigenvalue weighted by Gasteiger charge is 2.09. The number of aromatic nitrogens is 1. The molecule has 3 nitrogen and oxygen atoms in total. The Morgan fingerprint density at radius 2 is 2.00 bits per heavy atom. The molecule has 0 saturated carbocycles. The molecule has 0 spiro atoms. The molecule has 23 heavy (non-hydrogen) atoms. The van der Waals surface area contributed by atoms with Crippen LogP contribution in [0, 0.1) is 11.6 Å². The lowest BCUT2D eigenvalue weighted by atomic mass is 10.2. The van der Waals surface area contributed by atoms with E-state index in [2.05, 4.69) is 11.6 Å². The molecule has 1 aromatic heterocycles. The van der Waals surface area contributed by atoms with E-state index in [1.165, 1.54) is 41.7 Å². The first-order valence-corrected chi connectivity index (χ1v) is 7.64. The van der Waals surface area contributed by atoms with E-state index in [0.717, 1.165) is 11.6 Å². The van der Waals surface area contributed by atoms with Gasteiger partial charge < -0.3 is 4.57 Å². The van der Waals surface area contributed by atoms with Crippen LogP contribution >= 0.6 is 11.3 Å². The summed E-state index contributed by atoms with van der Waals surface area (Å²) in [5.41, 5.74) is 0.931. The summed E-state index contributed by atoms with van der Waals surface area (Å²) in [5, 5.41) is 0. The standard InChI is InChI=1S/C17H12F2N2OS/c1-2-8-21-14-7-6-13(19)10-15(14)23-17(21)20-16(22)11-4-3-5-12(18)9-11/h2-7,9-10H,1,8H2. The Labute approximate surface area is 134 Å². The zero-order chi connectivity index (χ0) is 16.4. The molecule has 0 fully saturated rings. The van der Waals surface area contributed by atoms with Crippen molar-refractivity contribution < 1.29 is 13.6 Å². The lowest BCUT2D eigenvalue weighted by Gasteiger charge is -2.00. The van der Waals surface area contributed by atoms with Crippen LogP contribution in [0.15, 0.2) is 60.1 Å². The molecule has 0 bridgehead atoms. The Bertz CT molecular complexity index is 972. The van der Waals surface area contributed by atoms with Crippen LogP contribution in [0.4, 0.5) is 8.78 Å². The predicted octanol–water partition coefficient (Wildman–Crippen LogP) is 3.91. The van der Waals surface area contributed by atoms with Gasteiger partial charge in [-0.05, 0) is 36.4 Å². The first kappa shape index (κ1) is 15.3. The fourth-order valence-electron chi connectivity index (χ4n) is 2.21. The van der Waals surface area contributed by atoms with Crippen molar-refractivity contribution in [2.75, 3.05) is 0 Å². The number of thiazole rings is 1. The number of fused-ring (bicyclic) bond motifs is 1. The molecule has 6 heteroatoms. The number of hydrogen-bond donors (Lipinski definition) is 0. The first-order chi connectivity index (χ1) is 11.1. The highest BCUT2D eigenvalue weighted by Crippen LogP contribution is 2.19. The van der Waals surface area contributed by atoms with Gasteiger partial charge in [0.1, 0.15) is 11.6 Å². The average Bonchev–Trinajstić information content (AvgIpc) is 2.84. The van der Waals surface area contributed by atoms with Gasteiger partial charge in [0.15, 0.2) is 4.80 Å². The van der Waals surface area contributed by atoms with Crippen molar-refractivity contribution in [1.82, 2.24) is 4.57 Å². The third-order valence-electron chi connectivity index (χ3n) is 3.23. The molecule has 1 heterocycles. The van der Waals surface area contributed by atoms with Crippen LogP contribution in [-0.2, 0) is 6.54 Å². The van der Waals surface area contributed by atoms with Crippen LogP contribution in [0.5, 0.6) is 0 Å². The lowest BCUT2D eigenvalue weighted by molar-refractivity contribution is 0.0997.